The first-order valence-electron chi connectivity index (χ1n) is 20.3. The van der Waals surface area contributed by atoms with Crippen molar-refractivity contribution in [3.8, 4) is 51.6 Å². The summed E-state index contributed by atoms with van der Waals surface area (Å²) >= 11 is 0. The van der Waals surface area contributed by atoms with Crippen LogP contribution in [0.3, 0.4) is 0 Å². The minimum Gasteiger partial charge on any atom is -0.507 e. The van der Waals surface area contributed by atoms with Crippen molar-refractivity contribution >= 4 is 23.0 Å². The Bertz CT molecular complexity index is 2380. The number of fused-ring (bicyclic) bond motifs is 1. The van der Waals surface area contributed by atoms with Gasteiger partial charge in [0.15, 0.2) is 41.5 Å². The van der Waals surface area contributed by atoms with Crippen LogP contribution in [-0.2, 0) is 28.5 Å². The van der Waals surface area contributed by atoms with E-state index in [4.69, 9.17) is 42.3 Å². The van der Waals surface area contributed by atoms with Crippen molar-refractivity contribution in [2.24, 2.45) is 0 Å². The maximum Gasteiger partial charge on any atom is 0.402 e. The number of esters is 1. The molecule has 23 nitrogen and oxygen atoms in total. The Morgan fingerprint density at radius 3 is 2.05 bits per heavy atom. The standard InChI is InChI=1S/C43H48O23/c1-16-31(50)34(53)36(55)41(60-16)59-15-29-33(52)40(66-30(49)8-4-17-3-6-21(46)23(48)9-17)38(57)43(65-29)63-27-13-20-24(61-39(27)18-5-7-22(47)26(10-18)58-2)11-19(45)12-25(20)62-42-37(56)35(54)32(51)28(14-44)64-42/h3-13,16,28-29,31-38,40-44,50-57H,14-15H2,1-2H3,(H3-,45,46,47,48,49)/p+1/t16-,28+,29+,31-,32+,33+,34+,35-,36+,37+,38+,40-,41+,42+,43+/m0/s1. The summed E-state index contributed by atoms with van der Waals surface area (Å²) in [7, 11) is 1.28. The number of ether oxygens (including phenoxy) is 8. The largest absolute Gasteiger partial charge is 0.507 e. The molecule has 3 saturated heterocycles. The predicted octanol–water partition coefficient (Wildman–Crippen LogP) is -1.31. The van der Waals surface area contributed by atoms with Crippen molar-refractivity contribution in [3.05, 3.63) is 66.2 Å². The SMILES string of the molecule is COc1cc(-c2[o+]c3cc(O)cc(O[C@@H]4O[C@H](CO)[C@@H](O)[C@H](O)[C@H]4O)c3cc2O[C@@H]2O[C@H](CO[C@@H]3O[C@@H](C)[C@H](O)[C@@H](O)[C@H]3O)[C@@H](O)[C@H](OC(=O)C=Cc3ccc(O)c(O)c3)[C@H]2O)ccc1O. The van der Waals surface area contributed by atoms with Crippen LogP contribution in [0.5, 0.6) is 40.2 Å². The third-order valence-electron chi connectivity index (χ3n) is 11.1. The highest BCUT2D eigenvalue weighted by atomic mass is 16.7. The molecule has 3 aromatic carbocycles. The molecule has 3 aliphatic rings. The molecule has 0 aliphatic carbocycles. The quantitative estimate of drug-likeness (QED) is 0.0320. The maximum absolute atomic E-state index is 13.2. The molecule has 0 spiro atoms. The molecule has 0 saturated carbocycles. The minimum absolute atomic E-state index is 0.0350. The summed E-state index contributed by atoms with van der Waals surface area (Å²) < 4.78 is 51.9. The first-order chi connectivity index (χ1) is 31.4. The van der Waals surface area contributed by atoms with Crippen LogP contribution in [0.25, 0.3) is 28.4 Å². The highest BCUT2D eigenvalue weighted by Gasteiger charge is 2.51. The van der Waals surface area contributed by atoms with Crippen LogP contribution in [0.2, 0.25) is 0 Å². The van der Waals surface area contributed by atoms with Gasteiger partial charge in [0.25, 0.3) is 0 Å². The lowest BCUT2D eigenvalue weighted by Crippen LogP contribution is -2.62. The summed E-state index contributed by atoms with van der Waals surface area (Å²) in [6.45, 7) is -0.0680. The molecular formula is C43H49O23+. The van der Waals surface area contributed by atoms with E-state index in [0.717, 1.165) is 24.3 Å². The monoisotopic (exact) mass is 933 g/mol. The number of phenolic OH excluding ortho intramolecular Hbond substituents is 4. The van der Waals surface area contributed by atoms with Crippen molar-refractivity contribution in [3.63, 3.8) is 0 Å². The molecule has 4 heterocycles. The Morgan fingerprint density at radius 1 is 0.667 bits per heavy atom. The molecule has 15 atom stereocenters. The average Bonchev–Trinajstić information content (AvgIpc) is 3.29. The number of phenols is 4. The van der Waals surface area contributed by atoms with Crippen LogP contribution < -0.4 is 14.2 Å². The van der Waals surface area contributed by atoms with E-state index in [9.17, 15) is 71.2 Å². The third-order valence-corrected chi connectivity index (χ3v) is 11.1. The number of aliphatic hydroxyl groups excluding tert-OH is 9. The summed E-state index contributed by atoms with van der Waals surface area (Å²) in [6.07, 6.45) is -23.4. The van der Waals surface area contributed by atoms with Gasteiger partial charge in [0, 0.05) is 24.3 Å². The van der Waals surface area contributed by atoms with E-state index in [1.54, 1.807) is 0 Å². The maximum atomic E-state index is 13.2. The van der Waals surface area contributed by atoms with Gasteiger partial charge in [0.05, 0.1) is 38.1 Å². The lowest BCUT2D eigenvalue weighted by Gasteiger charge is -2.43. The second-order valence-corrected chi connectivity index (χ2v) is 15.6. The zero-order chi connectivity index (χ0) is 47.7. The van der Waals surface area contributed by atoms with Gasteiger partial charge in [0.2, 0.25) is 18.3 Å². The summed E-state index contributed by atoms with van der Waals surface area (Å²) in [5.41, 5.74) is 0.277. The molecule has 0 amide bonds. The van der Waals surface area contributed by atoms with Gasteiger partial charge >= 0.3 is 17.3 Å². The van der Waals surface area contributed by atoms with Gasteiger partial charge in [-0.1, -0.05) is 6.07 Å². The van der Waals surface area contributed by atoms with Crippen LogP contribution >= 0.6 is 0 Å². The number of carbonyl (C=O) groups is 1. The number of hydrogen-bond donors (Lipinski definition) is 13. The molecule has 0 bridgehead atoms. The Labute approximate surface area is 373 Å². The summed E-state index contributed by atoms with van der Waals surface area (Å²) in [5, 5.41) is 136. The van der Waals surface area contributed by atoms with E-state index >= 15 is 0 Å². The smallest absolute Gasteiger partial charge is 0.402 e. The molecule has 13 N–H and O–H groups in total. The van der Waals surface area contributed by atoms with E-state index in [0.29, 0.717) is 0 Å². The fourth-order valence-corrected chi connectivity index (χ4v) is 7.39. The number of benzene rings is 3. The molecule has 3 aliphatic heterocycles. The van der Waals surface area contributed by atoms with Crippen LogP contribution in [0.15, 0.2) is 65.1 Å². The summed E-state index contributed by atoms with van der Waals surface area (Å²) in [6, 6.07) is 11.2. The second kappa shape index (κ2) is 20.1. The van der Waals surface area contributed by atoms with Gasteiger partial charge in [-0.05, 0) is 42.8 Å². The minimum atomic E-state index is -2.05. The highest BCUT2D eigenvalue weighted by Crippen LogP contribution is 2.44. The number of hydrogen-bond acceptors (Lipinski definition) is 22. The predicted molar refractivity (Wildman–Crippen MR) is 219 cm³/mol. The fraction of sp³-hybridized carbons (Fsp3) is 0.442. The Balaban J connectivity index is 1.27. The number of aromatic hydroxyl groups is 4. The fourth-order valence-electron chi connectivity index (χ4n) is 7.39. The van der Waals surface area contributed by atoms with Crippen LogP contribution in [0, 0.1) is 0 Å². The van der Waals surface area contributed by atoms with Crippen molar-refractivity contribution in [1.82, 2.24) is 0 Å². The molecule has 3 fully saturated rings. The first-order valence-corrected chi connectivity index (χ1v) is 20.3. The zero-order valence-corrected chi connectivity index (χ0v) is 34.8. The Kier molecular flexibility index (Phi) is 14.7. The van der Waals surface area contributed by atoms with Gasteiger partial charge in [-0.3, -0.25) is 0 Å². The molecule has 0 unspecified atom stereocenters. The molecule has 4 aromatic rings. The molecule has 1 aromatic heterocycles. The van der Waals surface area contributed by atoms with Gasteiger partial charge in [0.1, 0.15) is 71.8 Å². The zero-order valence-electron chi connectivity index (χ0n) is 34.8. The first kappa shape index (κ1) is 48.3. The van der Waals surface area contributed by atoms with E-state index in [1.807, 2.05) is 0 Å². The van der Waals surface area contributed by atoms with Gasteiger partial charge in [-0.25, -0.2) is 9.21 Å². The highest BCUT2D eigenvalue weighted by molar-refractivity contribution is 5.89. The molecule has 7 rings (SSSR count). The second-order valence-electron chi connectivity index (χ2n) is 15.6. The topological polar surface area (TPSA) is 365 Å². The van der Waals surface area contributed by atoms with Crippen molar-refractivity contribution in [1.29, 1.82) is 0 Å². The van der Waals surface area contributed by atoms with E-state index in [2.05, 4.69) is 0 Å². The van der Waals surface area contributed by atoms with E-state index in [-0.39, 0.29) is 50.9 Å². The molecule has 0 radical (unpaired) electrons. The number of carbonyl (C=O) groups excluding carboxylic acids is 1. The van der Waals surface area contributed by atoms with E-state index < -0.39 is 129 Å². The average molecular weight is 934 g/mol. The van der Waals surface area contributed by atoms with Crippen LogP contribution in [0.1, 0.15) is 12.5 Å². The lowest BCUT2D eigenvalue weighted by atomic mass is 9.98. The number of rotatable bonds is 13. The summed E-state index contributed by atoms with van der Waals surface area (Å²) in [4.78, 5) is 13.2. The van der Waals surface area contributed by atoms with Gasteiger partial charge in [-0.2, -0.15) is 0 Å². The van der Waals surface area contributed by atoms with Crippen molar-refractivity contribution < 1.29 is 113 Å². The molecular weight excluding hydrogens is 884 g/mol. The normalized spacial score (nSPS) is 32.6. The van der Waals surface area contributed by atoms with Gasteiger partial charge in [-0.15, -0.1) is 0 Å². The number of aliphatic hydroxyl groups is 9. The van der Waals surface area contributed by atoms with Crippen LogP contribution in [0.4, 0.5) is 0 Å². The Morgan fingerprint density at radius 2 is 1.33 bits per heavy atom. The molecule has 66 heavy (non-hydrogen) atoms. The Hall–Kier alpha value is -5.64. The molecule has 358 valence electrons. The van der Waals surface area contributed by atoms with Crippen molar-refractivity contribution in [2.75, 3.05) is 20.3 Å². The van der Waals surface area contributed by atoms with Crippen molar-refractivity contribution in [2.45, 2.75) is 99.0 Å². The number of methoxy groups -OCH3 is 1. The van der Waals surface area contributed by atoms with Crippen LogP contribution in [-0.4, -0.2) is 185 Å². The third kappa shape index (κ3) is 10.0. The summed E-state index contributed by atoms with van der Waals surface area (Å²) in [5.74, 6) is -3.56. The molecule has 23 heteroatoms. The van der Waals surface area contributed by atoms with Gasteiger partial charge < -0.3 is 104 Å². The van der Waals surface area contributed by atoms with E-state index in [1.165, 1.54) is 56.5 Å². The lowest BCUT2D eigenvalue weighted by molar-refractivity contribution is -0.319.